The highest BCUT2D eigenvalue weighted by Gasteiger charge is 2.29. The Balaban J connectivity index is 1.28. The monoisotopic (exact) mass is 789 g/mol. The van der Waals surface area contributed by atoms with E-state index in [9.17, 15) is 19.2 Å². The molecule has 0 bridgehead atoms. The maximum atomic E-state index is 14.3. The Morgan fingerprint density at radius 3 is 2.20 bits per heavy atom. The summed E-state index contributed by atoms with van der Waals surface area (Å²) in [7, 11) is 4.38. The fourth-order valence-corrected chi connectivity index (χ4v) is 8.87. The summed E-state index contributed by atoms with van der Waals surface area (Å²) < 4.78 is 16.2. The molecule has 0 saturated carbocycles. The van der Waals surface area contributed by atoms with Crippen molar-refractivity contribution in [3.8, 4) is 11.5 Å². The van der Waals surface area contributed by atoms with Crippen molar-refractivity contribution in [2.45, 2.75) is 48.7 Å². The van der Waals surface area contributed by atoms with Crippen LogP contribution in [0.25, 0.3) is 6.08 Å². The van der Waals surface area contributed by atoms with Crippen LogP contribution < -0.4 is 25.4 Å². The summed E-state index contributed by atoms with van der Waals surface area (Å²) in [4.78, 5) is 56.4. The molecule has 0 fully saturated rings. The Morgan fingerprint density at radius 1 is 0.768 bits per heavy atom. The van der Waals surface area contributed by atoms with Gasteiger partial charge in [-0.1, -0.05) is 79.6 Å². The predicted octanol–water partition coefficient (Wildman–Crippen LogP) is 9.09. The number of para-hydroxylation sites is 1. The second-order valence-corrected chi connectivity index (χ2v) is 15.2. The zero-order valence-electron chi connectivity index (χ0n) is 31.4. The molecule has 0 radical (unpaired) electrons. The van der Waals surface area contributed by atoms with Crippen molar-refractivity contribution in [1.29, 1.82) is 0 Å². The van der Waals surface area contributed by atoms with Crippen LogP contribution in [0.3, 0.4) is 0 Å². The number of hydrogen-bond acceptors (Lipinski definition) is 9. The summed E-state index contributed by atoms with van der Waals surface area (Å²) in [5.74, 6) is -0.946. The molecule has 6 rings (SSSR count). The number of aryl methyl sites for hydroxylation is 1. The molecule has 10 nitrogen and oxygen atoms in total. The van der Waals surface area contributed by atoms with E-state index in [2.05, 4.69) is 16.0 Å². The van der Waals surface area contributed by atoms with Gasteiger partial charge in [0.15, 0.2) is 11.5 Å². The van der Waals surface area contributed by atoms with Gasteiger partial charge in [-0.2, -0.15) is 0 Å². The molecule has 12 heteroatoms. The van der Waals surface area contributed by atoms with Crippen molar-refractivity contribution < 1.29 is 33.4 Å². The maximum absolute atomic E-state index is 14.3. The fraction of sp³-hybridized carbons (Fsp3) is 0.227. The molecule has 0 spiro atoms. The van der Waals surface area contributed by atoms with Gasteiger partial charge in [0.25, 0.3) is 11.8 Å². The Bertz CT molecular complexity index is 2220. The number of carbonyl (C=O) groups excluding carboxylic acids is 4. The number of amides is 3. The van der Waals surface area contributed by atoms with Crippen LogP contribution in [0.1, 0.15) is 73.2 Å². The zero-order chi connectivity index (χ0) is 39.4. The fourth-order valence-electron chi connectivity index (χ4n) is 6.51. The lowest BCUT2D eigenvalue weighted by molar-refractivity contribution is -0.116. The van der Waals surface area contributed by atoms with Gasteiger partial charge in [-0.3, -0.25) is 14.4 Å². The topological polar surface area (TPSA) is 132 Å². The molecule has 0 aliphatic heterocycles. The van der Waals surface area contributed by atoms with E-state index in [0.717, 1.165) is 54.5 Å². The Morgan fingerprint density at radius 2 is 1.48 bits per heavy atom. The van der Waals surface area contributed by atoms with E-state index < -0.39 is 23.0 Å². The quantitative estimate of drug-likeness (QED) is 0.0612. The number of benzene rings is 4. The molecule has 1 unspecified atom stereocenters. The van der Waals surface area contributed by atoms with Crippen LogP contribution in [-0.4, -0.2) is 45.0 Å². The summed E-state index contributed by atoms with van der Waals surface area (Å²) in [6.07, 6.45) is 7.39. The van der Waals surface area contributed by atoms with E-state index in [0.29, 0.717) is 43.8 Å². The average molecular weight is 790 g/mol. The number of hydrogen-bond donors (Lipinski definition) is 3. The van der Waals surface area contributed by atoms with Gasteiger partial charge in [-0.25, -0.2) is 4.79 Å². The van der Waals surface area contributed by atoms with Crippen molar-refractivity contribution in [2.24, 2.45) is 0 Å². The molecular formula is C44H43N3O7S2. The van der Waals surface area contributed by atoms with Crippen molar-refractivity contribution >= 4 is 63.6 Å². The largest absolute Gasteiger partial charge is 0.493 e. The molecule has 3 amide bonds. The van der Waals surface area contributed by atoms with Gasteiger partial charge < -0.3 is 30.2 Å². The normalized spacial score (nSPS) is 13.2. The number of fused-ring (bicyclic) bond motifs is 1. The van der Waals surface area contributed by atoms with Gasteiger partial charge in [-0.05, 0) is 79.3 Å². The lowest BCUT2D eigenvalue weighted by Crippen LogP contribution is -2.30. The van der Waals surface area contributed by atoms with E-state index in [1.807, 2.05) is 36.4 Å². The summed E-state index contributed by atoms with van der Waals surface area (Å²) in [5.41, 5.74) is 3.48. The van der Waals surface area contributed by atoms with Crippen LogP contribution in [0.4, 0.5) is 10.7 Å². The number of ether oxygens (including phenoxy) is 3. The zero-order valence-corrected chi connectivity index (χ0v) is 33.0. The second kappa shape index (κ2) is 19.1. The van der Waals surface area contributed by atoms with Gasteiger partial charge >= 0.3 is 5.97 Å². The number of methoxy groups -OCH3 is 3. The Labute approximate surface area is 334 Å². The third-order valence-corrected chi connectivity index (χ3v) is 11.7. The number of esters is 1. The highest BCUT2D eigenvalue weighted by atomic mass is 32.2. The third-order valence-electron chi connectivity index (χ3n) is 9.25. The molecule has 1 atom stereocenters. The molecule has 1 aliphatic carbocycles. The van der Waals surface area contributed by atoms with E-state index in [4.69, 9.17) is 14.2 Å². The highest BCUT2D eigenvalue weighted by molar-refractivity contribution is 8.00. The SMILES string of the molecule is COC(=O)c1c(NC(=O)C(Sc2cccc(NC(=O)/C(=C\c3cccc(OC)c3OC)NC(=O)c3ccccc3)c2)c2ccccc2)sc2c1CCCCCC2. The Hall–Kier alpha value is -5.85. The number of thioether (sulfide) groups is 1. The van der Waals surface area contributed by atoms with Crippen LogP contribution >= 0.6 is 23.1 Å². The van der Waals surface area contributed by atoms with Gasteiger partial charge in [0, 0.05) is 26.6 Å². The number of thiophene rings is 1. The molecule has 1 aromatic heterocycles. The molecular weight excluding hydrogens is 747 g/mol. The van der Waals surface area contributed by atoms with E-state index >= 15 is 0 Å². The summed E-state index contributed by atoms with van der Waals surface area (Å²) in [6.45, 7) is 0. The molecule has 1 aliphatic rings. The van der Waals surface area contributed by atoms with Crippen LogP contribution in [0.2, 0.25) is 0 Å². The molecule has 4 aromatic carbocycles. The summed E-state index contributed by atoms with van der Waals surface area (Å²) in [5, 5.41) is 8.57. The van der Waals surface area contributed by atoms with Crippen LogP contribution in [-0.2, 0) is 27.2 Å². The van der Waals surface area contributed by atoms with E-state index in [1.165, 1.54) is 50.5 Å². The minimum atomic E-state index is -0.710. The first kappa shape index (κ1) is 39.8. The minimum Gasteiger partial charge on any atom is -0.493 e. The van der Waals surface area contributed by atoms with Gasteiger partial charge in [0.2, 0.25) is 5.91 Å². The highest BCUT2D eigenvalue weighted by Crippen LogP contribution is 2.41. The molecule has 288 valence electrons. The molecule has 56 heavy (non-hydrogen) atoms. The van der Waals surface area contributed by atoms with Crippen LogP contribution in [0, 0.1) is 0 Å². The van der Waals surface area contributed by atoms with Crippen LogP contribution in [0.15, 0.2) is 114 Å². The van der Waals surface area contributed by atoms with Crippen LogP contribution in [0.5, 0.6) is 11.5 Å². The smallest absolute Gasteiger partial charge is 0.341 e. The Kier molecular flexibility index (Phi) is 13.6. The second-order valence-electron chi connectivity index (χ2n) is 13.0. The first-order chi connectivity index (χ1) is 27.3. The lowest BCUT2D eigenvalue weighted by Gasteiger charge is -2.18. The molecule has 0 saturated heterocycles. The van der Waals surface area contributed by atoms with E-state index in [-0.39, 0.29) is 11.6 Å². The standard InChI is InChI=1S/C44H43N3O7S2/c1-52-35-24-14-20-30(38(35)53-2)26-34(46-40(48)29-18-10-7-11-19-29)41(49)45-31-21-15-22-32(27-31)55-39(28-16-8-6-9-17-28)42(50)47-43-37(44(51)54-3)33-23-12-4-5-13-25-36(33)56-43/h6-11,14-22,24,26-27,39H,4-5,12-13,23,25H2,1-3H3,(H,45,49)(H,46,48)(H,47,50)/b34-26+. The summed E-state index contributed by atoms with van der Waals surface area (Å²) >= 11 is 2.77. The van der Waals surface area contributed by atoms with Crippen molar-refractivity contribution in [3.63, 3.8) is 0 Å². The number of rotatable bonds is 13. The molecule has 5 aromatic rings. The first-order valence-electron chi connectivity index (χ1n) is 18.3. The third kappa shape index (κ3) is 9.68. The van der Waals surface area contributed by atoms with Crippen molar-refractivity contribution in [1.82, 2.24) is 5.32 Å². The van der Waals surface area contributed by atoms with Crippen molar-refractivity contribution in [2.75, 3.05) is 32.0 Å². The number of carbonyl (C=O) groups is 4. The van der Waals surface area contributed by atoms with Gasteiger partial charge in [0.05, 0.1) is 26.9 Å². The molecule has 3 N–H and O–H groups in total. The number of nitrogens with one attached hydrogen (secondary N) is 3. The van der Waals surface area contributed by atoms with E-state index in [1.54, 1.807) is 66.7 Å². The van der Waals surface area contributed by atoms with Gasteiger partial charge in [0.1, 0.15) is 15.9 Å². The lowest BCUT2D eigenvalue weighted by atomic mass is 9.96. The van der Waals surface area contributed by atoms with Crippen molar-refractivity contribution in [3.05, 3.63) is 142 Å². The average Bonchev–Trinajstić information content (AvgIpc) is 3.54. The molecule has 1 heterocycles. The van der Waals surface area contributed by atoms with Gasteiger partial charge in [-0.15, -0.1) is 23.1 Å². The maximum Gasteiger partial charge on any atom is 0.341 e. The minimum absolute atomic E-state index is 0.0311. The number of anilines is 2. The summed E-state index contributed by atoms with van der Waals surface area (Å²) in [6, 6.07) is 30.4. The first-order valence-corrected chi connectivity index (χ1v) is 19.9. The predicted molar refractivity (Wildman–Crippen MR) is 222 cm³/mol.